The smallest absolute Gasteiger partial charge is 0.341 e. The summed E-state index contributed by atoms with van der Waals surface area (Å²) in [5.41, 5.74) is 0.312. The molecule has 2 heterocycles. The van der Waals surface area contributed by atoms with E-state index in [1.807, 2.05) is 0 Å². The minimum Gasteiger partial charge on any atom is -0.465 e. The number of nitrogens with one attached hydrogen (secondary N) is 3. The lowest BCUT2D eigenvalue weighted by Gasteiger charge is -2.26. The second kappa shape index (κ2) is 16.3. The zero-order valence-corrected chi connectivity index (χ0v) is 25.0. The fourth-order valence-corrected chi connectivity index (χ4v) is 5.06. The van der Waals surface area contributed by atoms with Gasteiger partial charge in [-0.15, -0.1) is 0 Å². The van der Waals surface area contributed by atoms with E-state index in [0.717, 1.165) is 51.7 Å². The van der Waals surface area contributed by atoms with Crippen LogP contribution >= 0.6 is 0 Å². The summed E-state index contributed by atoms with van der Waals surface area (Å²) in [6.45, 7) is 3.01. The van der Waals surface area contributed by atoms with Crippen LogP contribution in [-0.2, 0) is 20.9 Å². The second-order valence-electron chi connectivity index (χ2n) is 10.6. The Hall–Kier alpha value is -4.78. The van der Waals surface area contributed by atoms with Gasteiger partial charge in [-0.25, -0.2) is 23.5 Å². The maximum absolute atomic E-state index is 15.1. The molecule has 4 rings (SSSR count). The number of benzene rings is 2. The molecule has 3 aromatic rings. The number of nitrogens with zero attached hydrogens (tertiary/aromatic N) is 3. The van der Waals surface area contributed by atoms with Gasteiger partial charge in [0, 0.05) is 44.0 Å². The molecule has 238 valence electrons. The van der Waals surface area contributed by atoms with Crippen molar-refractivity contribution < 1.29 is 32.7 Å². The van der Waals surface area contributed by atoms with Gasteiger partial charge in [-0.1, -0.05) is 30.7 Å². The maximum atomic E-state index is 15.1. The van der Waals surface area contributed by atoms with Gasteiger partial charge in [-0.05, 0) is 55.6 Å². The van der Waals surface area contributed by atoms with E-state index in [1.54, 1.807) is 0 Å². The number of carbonyl (C=O) groups is 4. The van der Waals surface area contributed by atoms with Crippen molar-refractivity contribution in [2.75, 3.05) is 33.3 Å². The predicted molar refractivity (Wildman–Crippen MR) is 161 cm³/mol. The Kier molecular flexibility index (Phi) is 12.0. The minimum absolute atomic E-state index is 0.00188. The zero-order chi connectivity index (χ0) is 32.2. The number of likely N-dealkylation sites (tertiary alicyclic amines) is 1. The number of hydrogen-bond donors (Lipinski definition) is 3. The van der Waals surface area contributed by atoms with Gasteiger partial charge in [0.1, 0.15) is 29.6 Å². The van der Waals surface area contributed by atoms with Crippen LogP contribution in [-0.4, -0.2) is 77.9 Å². The molecule has 0 saturated carbocycles. The number of piperidine rings is 1. The van der Waals surface area contributed by atoms with Gasteiger partial charge in [0.25, 0.3) is 5.91 Å². The lowest BCUT2D eigenvalue weighted by Crippen LogP contribution is -2.47. The fraction of sp³-hybridized carbons (Fsp3) is 0.375. The van der Waals surface area contributed by atoms with Gasteiger partial charge in [0.15, 0.2) is 0 Å². The van der Waals surface area contributed by atoms with Crippen molar-refractivity contribution >= 4 is 23.7 Å². The normalized spacial score (nSPS) is 13.8. The van der Waals surface area contributed by atoms with Crippen LogP contribution in [0.15, 0.2) is 55.1 Å². The molecule has 1 fully saturated rings. The first-order valence-electron chi connectivity index (χ1n) is 14.7. The number of methoxy groups -OCH3 is 1. The first kappa shape index (κ1) is 33.1. The first-order chi connectivity index (χ1) is 21.8. The van der Waals surface area contributed by atoms with Crippen molar-refractivity contribution in [2.45, 2.75) is 44.7 Å². The molecule has 45 heavy (non-hydrogen) atoms. The molecule has 3 amide bonds. The molecule has 1 saturated heterocycles. The first-order valence-corrected chi connectivity index (χ1v) is 14.7. The topological polar surface area (TPSA) is 143 Å². The molecule has 11 nitrogen and oxygen atoms in total. The van der Waals surface area contributed by atoms with E-state index in [4.69, 9.17) is 0 Å². The van der Waals surface area contributed by atoms with Crippen LogP contribution in [0.1, 0.15) is 58.4 Å². The fourth-order valence-electron chi connectivity index (χ4n) is 5.06. The van der Waals surface area contributed by atoms with Gasteiger partial charge < -0.3 is 25.6 Å². The number of halogens is 2. The van der Waals surface area contributed by atoms with E-state index >= 15 is 4.39 Å². The number of rotatable bonds is 13. The third-order valence-corrected chi connectivity index (χ3v) is 7.52. The highest BCUT2D eigenvalue weighted by Gasteiger charge is 2.24. The average Bonchev–Trinajstić information content (AvgIpc) is 3.06. The van der Waals surface area contributed by atoms with Crippen molar-refractivity contribution in [3.63, 3.8) is 0 Å². The lowest BCUT2D eigenvalue weighted by molar-refractivity contribution is -0.124. The van der Waals surface area contributed by atoms with E-state index in [0.29, 0.717) is 6.54 Å². The monoisotopic (exact) mass is 622 g/mol. The van der Waals surface area contributed by atoms with Gasteiger partial charge >= 0.3 is 5.97 Å². The second-order valence-corrected chi connectivity index (χ2v) is 10.6. The molecule has 1 aliphatic rings. The molecular formula is C32H36F2N6O5. The number of aromatic nitrogens is 2. The molecule has 1 atom stereocenters. The van der Waals surface area contributed by atoms with Crippen LogP contribution in [0.4, 0.5) is 8.78 Å². The number of hydrogen-bond acceptors (Lipinski definition) is 8. The number of ether oxygens (including phenoxy) is 1. The molecule has 1 aliphatic heterocycles. The summed E-state index contributed by atoms with van der Waals surface area (Å²) in [5.74, 6) is -3.89. The molecule has 0 radical (unpaired) electrons. The predicted octanol–water partition coefficient (Wildman–Crippen LogP) is 3.01. The third-order valence-electron chi connectivity index (χ3n) is 7.52. The van der Waals surface area contributed by atoms with Crippen molar-refractivity contribution in [1.29, 1.82) is 0 Å². The Morgan fingerprint density at radius 2 is 1.73 bits per heavy atom. The zero-order valence-electron chi connectivity index (χ0n) is 25.0. The molecule has 13 heteroatoms. The summed E-state index contributed by atoms with van der Waals surface area (Å²) in [4.78, 5) is 60.6. The van der Waals surface area contributed by atoms with E-state index in [2.05, 4.69) is 35.6 Å². The van der Waals surface area contributed by atoms with Crippen LogP contribution in [0, 0.1) is 11.6 Å². The highest BCUT2D eigenvalue weighted by Crippen LogP contribution is 2.28. The molecule has 1 aromatic heterocycles. The average molecular weight is 623 g/mol. The van der Waals surface area contributed by atoms with Crippen molar-refractivity contribution in [3.8, 4) is 11.1 Å². The standard InChI is InChI=1S/C32H36F2N6O5/c1-45-32(44)29-24(6-5-7-25(29)33)21-8-9-22(26(34)16-21)19-38-31(43)27(39-30(42)23-17-35-20-36-18-23)10-11-28(41)37-12-15-40-13-3-2-4-14-40/h5-9,16-18,20,27H,2-4,10-15,19H2,1H3,(H,37,41)(H,38,43)(H,39,42). The Balaban J connectivity index is 1.39. The number of carbonyl (C=O) groups excluding carboxylic acids is 4. The molecule has 2 aromatic carbocycles. The largest absolute Gasteiger partial charge is 0.465 e. The van der Waals surface area contributed by atoms with Crippen molar-refractivity contribution in [1.82, 2.24) is 30.8 Å². The Bertz CT molecular complexity index is 1500. The molecule has 3 N–H and O–H groups in total. The van der Waals surface area contributed by atoms with E-state index < -0.39 is 35.5 Å². The van der Waals surface area contributed by atoms with E-state index in [9.17, 15) is 23.6 Å². The van der Waals surface area contributed by atoms with Gasteiger partial charge in [-0.2, -0.15) is 0 Å². The number of esters is 1. The van der Waals surface area contributed by atoms with Gasteiger partial charge in [-0.3, -0.25) is 14.4 Å². The van der Waals surface area contributed by atoms with Crippen LogP contribution in [0.2, 0.25) is 0 Å². The molecule has 0 aliphatic carbocycles. The SMILES string of the molecule is COC(=O)c1c(F)cccc1-c1ccc(CNC(=O)C(CCC(=O)NCCN2CCCCC2)NC(=O)c2cncnc2)c(F)c1. The lowest BCUT2D eigenvalue weighted by atomic mass is 9.98. The van der Waals surface area contributed by atoms with E-state index in [-0.39, 0.29) is 53.1 Å². The summed E-state index contributed by atoms with van der Waals surface area (Å²) < 4.78 is 34.2. The summed E-state index contributed by atoms with van der Waals surface area (Å²) in [6, 6.07) is 6.90. The maximum Gasteiger partial charge on any atom is 0.341 e. The van der Waals surface area contributed by atoms with Crippen LogP contribution in [0.5, 0.6) is 0 Å². The van der Waals surface area contributed by atoms with Crippen LogP contribution in [0.3, 0.4) is 0 Å². The molecular weight excluding hydrogens is 586 g/mol. The molecule has 0 bridgehead atoms. The summed E-state index contributed by atoms with van der Waals surface area (Å²) >= 11 is 0. The third kappa shape index (κ3) is 9.35. The Labute approximate surface area is 259 Å². The van der Waals surface area contributed by atoms with Crippen molar-refractivity contribution in [2.24, 2.45) is 0 Å². The molecule has 1 unspecified atom stereocenters. The Morgan fingerprint density at radius 1 is 0.978 bits per heavy atom. The highest BCUT2D eigenvalue weighted by molar-refractivity contribution is 5.98. The minimum atomic E-state index is -1.11. The summed E-state index contributed by atoms with van der Waals surface area (Å²) in [7, 11) is 1.12. The number of amides is 3. The highest BCUT2D eigenvalue weighted by atomic mass is 19.1. The van der Waals surface area contributed by atoms with Gasteiger partial charge in [0.2, 0.25) is 11.8 Å². The van der Waals surface area contributed by atoms with Gasteiger partial charge in [0.05, 0.1) is 12.7 Å². The molecule has 0 spiro atoms. The van der Waals surface area contributed by atoms with Crippen LogP contribution < -0.4 is 16.0 Å². The van der Waals surface area contributed by atoms with Crippen molar-refractivity contribution in [3.05, 3.63) is 83.4 Å². The Morgan fingerprint density at radius 3 is 2.44 bits per heavy atom. The van der Waals surface area contributed by atoms with Crippen LogP contribution in [0.25, 0.3) is 11.1 Å². The summed E-state index contributed by atoms with van der Waals surface area (Å²) in [6.07, 6.45) is 7.35. The quantitative estimate of drug-likeness (QED) is 0.247. The van der Waals surface area contributed by atoms with E-state index in [1.165, 1.54) is 49.4 Å². The summed E-state index contributed by atoms with van der Waals surface area (Å²) in [5, 5.41) is 8.09.